The Balaban J connectivity index is 2.04. The number of aromatic amines is 1. The van der Waals surface area contributed by atoms with E-state index in [2.05, 4.69) is 15.5 Å². The summed E-state index contributed by atoms with van der Waals surface area (Å²) < 4.78 is 7.73. The molecule has 2 N–H and O–H groups in total. The monoisotopic (exact) mass is 264 g/mol. The largest absolute Gasteiger partial charge is 0.497 e. The molecule has 5 nitrogen and oxygen atoms in total. The highest BCUT2D eigenvalue weighted by molar-refractivity contribution is 7.71. The first-order valence-corrected chi connectivity index (χ1v) is 6.17. The molecule has 2 rings (SSSR count). The van der Waals surface area contributed by atoms with E-state index in [1.54, 1.807) is 7.11 Å². The van der Waals surface area contributed by atoms with Crippen LogP contribution in [0.2, 0.25) is 0 Å². The predicted octanol–water partition coefficient (Wildman–Crippen LogP) is 2.58. The zero-order valence-electron chi connectivity index (χ0n) is 10.4. The average Bonchev–Trinajstić information content (AvgIpc) is 2.77. The molecular formula is C12H16N4OS. The molecule has 0 atom stereocenters. The van der Waals surface area contributed by atoms with Gasteiger partial charge in [-0.3, -0.25) is 5.10 Å². The van der Waals surface area contributed by atoms with Gasteiger partial charge in [-0.1, -0.05) is 0 Å². The van der Waals surface area contributed by atoms with Crippen molar-refractivity contribution < 1.29 is 4.74 Å². The van der Waals surface area contributed by atoms with Gasteiger partial charge >= 0.3 is 0 Å². The van der Waals surface area contributed by atoms with E-state index in [0.29, 0.717) is 11.3 Å². The molecule has 0 saturated carbocycles. The van der Waals surface area contributed by atoms with E-state index in [4.69, 9.17) is 17.0 Å². The van der Waals surface area contributed by atoms with E-state index in [1.807, 2.05) is 35.8 Å². The van der Waals surface area contributed by atoms with Crippen LogP contribution in [0.25, 0.3) is 0 Å². The molecule has 1 heterocycles. The number of methoxy groups -OCH3 is 1. The van der Waals surface area contributed by atoms with Crippen molar-refractivity contribution in [3.63, 3.8) is 0 Å². The van der Waals surface area contributed by atoms with Crippen molar-refractivity contribution in [3.8, 4) is 5.75 Å². The fourth-order valence-corrected chi connectivity index (χ4v) is 1.98. The van der Waals surface area contributed by atoms with Crippen LogP contribution in [-0.4, -0.2) is 21.9 Å². The molecule has 0 aliphatic rings. The molecule has 18 heavy (non-hydrogen) atoms. The highest BCUT2D eigenvalue weighted by Gasteiger charge is 2.03. The Morgan fingerprint density at radius 1 is 1.39 bits per heavy atom. The first kappa shape index (κ1) is 12.6. The molecule has 6 heteroatoms. The Bertz CT molecular complexity index is 558. The Morgan fingerprint density at radius 2 is 2.11 bits per heavy atom. The minimum atomic E-state index is 0.632. The normalized spacial score (nSPS) is 10.3. The number of benzene rings is 1. The average molecular weight is 264 g/mol. The maximum absolute atomic E-state index is 5.14. The topological polar surface area (TPSA) is 54.9 Å². The zero-order valence-corrected chi connectivity index (χ0v) is 11.3. The van der Waals surface area contributed by atoms with Gasteiger partial charge < -0.3 is 14.6 Å². The molecule has 0 bridgehead atoms. The van der Waals surface area contributed by atoms with Gasteiger partial charge in [0.25, 0.3) is 0 Å². The van der Waals surface area contributed by atoms with Gasteiger partial charge in [0.05, 0.1) is 13.7 Å². The number of ether oxygens (including phenoxy) is 1. The van der Waals surface area contributed by atoms with Gasteiger partial charge in [-0.2, -0.15) is 5.10 Å². The molecule has 0 saturated heterocycles. The Morgan fingerprint density at radius 3 is 2.72 bits per heavy atom. The summed E-state index contributed by atoms with van der Waals surface area (Å²) in [5.41, 5.74) is 1.02. The molecule has 0 radical (unpaired) electrons. The summed E-state index contributed by atoms with van der Waals surface area (Å²) in [5.74, 6) is 1.75. The molecule has 1 aromatic carbocycles. The molecular weight excluding hydrogens is 248 g/mol. The van der Waals surface area contributed by atoms with E-state index in [9.17, 15) is 0 Å². The lowest BCUT2D eigenvalue weighted by atomic mass is 10.3. The minimum Gasteiger partial charge on any atom is -0.497 e. The summed E-state index contributed by atoms with van der Waals surface area (Å²) in [5, 5.41) is 10.3. The standard InChI is InChI=1S/C12H16N4OS/c1-3-16-11(14-15-12(16)18)8-13-9-4-6-10(17-2)7-5-9/h4-7,13H,3,8H2,1-2H3,(H,15,18). The number of hydrogen-bond donors (Lipinski definition) is 2. The molecule has 0 aliphatic heterocycles. The molecule has 2 aromatic rings. The first-order valence-electron chi connectivity index (χ1n) is 5.76. The minimum absolute atomic E-state index is 0.632. The highest BCUT2D eigenvalue weighted by atomic mass is 32.1. The molecule has 0 spiro atoms. The van der Waals surface area contributed by atoms with Crippen molar-refractivity contribution in [1.82, 2.24) is 14.8 Å². The predicted molar refractivity (Wildman–Crippen MR) is 73.4 cm³/mol. The lowest BCUT2D eigenvalue weighted by Gasteiger charge is -2.07. The van der Waals surface area contributed by atoms with Crippen LogP contribution in [0.1, 0.15) is 12.7 Å². The highest BCUT2D eigenvalue weighted by Crippen LogP contribution is 2.15. The second-order valence-corrected chi connectivity index (χ2v) is 4.16. The van der Waals surface area contributed by atoms with Crippen molar-refractivity contribution >= 4 is 17.9 Å². The third-order valence-electron chi connectivity index (χ3n) is 2.69. The fourth-order valence-electron chi connectivity index (χ4n) is 1.70. The quantitative estimate of drug-likeness (QED) is 0.815. The maximum Gasteiger partial charge on any atom is 0.195 e. The molecule has 1 aromatic heterocycles. The van der Waals surface area contributed by atoms with Crippen LogP contribution in [0.15, 0.2) is 24.3 Å². The van der Waals surface area contributed by atoms with Gasteiger partial charge in [0.2, 0.25) is 0 Å². The third kappa shape index (κ3) is 2.70. The smallest absolute Gasteiger partial charge is 0.195 e. The van der Waals surface area contributed by atoms with Crippen molar-refractivity contribution in [2.45, 2.75) is 20.0 Å². The van der Waals surface area contributed by atoms with Gasteiger partial charge in [-0.15, -0.1) is 0 Å². The van der Waals surface area contributed by atoms with E-state index < -0.39 is 0 Å². The van der Waals surface area contributed by atoms with Crippen molar-refractivity contribution in [1.29, 1.82) is 0 Å². The maximum atomic E-state index is 5.14. The van der Waals surface area contributed by atoms with E-state index in [1.165, 1.54) is 0 Å². The third-order valence-corrected chi connectivity index (χ3v) is 3.01. The fraction of sp³-hybridized carbons (Fsp3) is 0.333. The molecule has 0 amide bonds. The molecule has 0 unspecified atom stereocenters. The van der Waals surface area contributed by atoms with Gasteiger partial charge in [0, 0.05) is 12.2 Å². The van der Waals surface area contributed by atoms with E-state index in [-0.39, 0.29) is 0 Å². The van der Waals surface area contributed by atoms with Crippen LogP contribution in [0.4, 0.5) is 5.69 Å². The number of H-pyrrole nitrogens is 1. The number of anilines is 1. The number of nitrogens with zero attached hydrogens (tertiary/aromatic N) is 2. The Hall–Kier alpha value is -1.82. The second kappa shape index (κ2) is 5.68. The SMILES string of the molecule is CCn1c(CNc2ccc(OC)cc2)n[nH]c1=S. The summed E-state index contributed by atoms with van der Waals surface area (Å²) in [4.78, 5) is 0. The van der Waals surface area contributed by atoms with Crippen molar-refractivity contribution in [2.24, 2.45) is 0 Å². The second-order valence-electron chi connectivity index (χ2n) is 3.77. The molecule has 0 aliphatic carbocycles. The van der Waals surface area contributed by atoms with E-state index in [0.717, 1.165) is 23.8 Å². The lowest BCUT2D eigenvalue weighted by Crippen LogP contribution is -2.08. The Labute approximate surface area is 111 Å². The zero-order chi connectivity index (χ0) is 13.0. The summed E-state index contributed by atoms with van der Waals surface area (Å²) in [6.45, 7) is 3.49. The van der Waals surface area contributed by atoms with Gasteiger partial charge in [0.1, 0.15) is 5.75 Å². The lowest BCUT2D eigenvalue weighted by molar-refractivity contribution is 0.415. The van der Waals surface area contributed by atoms with Crippen LogP contribution < -0.4 is 10.1 Å². The van der Waals surface area contributed by atoms with Gasteiger partial charge in [-0.25, -0.2) is 0 Å². The summed E-state index contributed by atoms with van der Waals surface area (Å²) in [7, 11) is 1.65. The number of hydrogen-bond acceptors (Lipinski definition) is 4. The van der Waals surface area contributed by atoms with Crippen LogP contribution in [-0.2, 0) is 13.1 Å². The molecule has 96 valence electrons. The van der Waals surface area contributed by atoms with Crippen molar-refractivity contribution in [3.05, 3.63) is 34.9 Å². The van der Waals surface area contributed by atoms with Gasteiger partial charge in [0.15, 0.2) is 10.6 Å². The number of rotatable bonds is 5. The van der Waals surface area contributed by atoms with Crippen LogP contribution in [0.5, 0.6) is 5.75 Å². The summed E-state index contributed by atoms with van der Waals surface area (Å²) >= 11 is 5.14. The van der Waals surface area contributed by atoms with Crippen LogP contribution in [0, 0.1) is 4.77 Å². The van der Waals surface area contributed by atoms with Crippen LogP contribution in [0.3, 0.4) is 0 Å². The van der Waals surface area contributed by atoms with Gasteiger partial charge in [-0.05, 0) is 43.4 Å². The number of aromatic nitrogens is 3. The first-order chi connectivity index (χ1) is 8.74. The van der Waals surface area contributed by atoms with Crippen LogP contribution >= 0.6 is 12.2 Å². The summed E-state index contributed by atoms with van der Waals surface area (Å²) in [6, 6.07) is 7.77. The molecule has 0 fully saturated rings. The van der Waals surface area contributed by atoms with E-state index >= 15 is 0 Å². The van der Waals surface area contributed by atoms with Crippen molar-refractivity contribution in [2.75, 3.05) is 12.4 Å². The summed E-state index contributed by atoms with van der Waals surface area (Å²) in [6.07, 6.45) is 0. The number of nitrogens with one attached hydrogen (secondary N) is 2. The Kier molecular flexibility index (Phi) is 3.99.